The lowest BCUT2D eigenvalue weighted by atomic mass is 10.0. The first kappa shape index (κ1) is 27.3. The fourth-order valence-electron chi connectivity index (χ4n) is 4.83. The van der Waals surface area contributed by atoms with Gasteiger partial charge in [0.05, 0.1) is 37.6 Å². The number of nitrogens with two attached hydrogens (primary N) is 1. The molecule has 0 radical (unpaired) electrons. The highest BCUT2D eigenvalue weighted by Crippen LogP contribution is 2.45. The third kappa shape index (κ3) is 5.57. The summed E-state index contributed by atoms with van der Waals surface area (Å²) in [5.74, 6) is 0.0806. The molecule has 11 heteroatoms. The van der Waals surface area contributed by atoms with Crippen molar-refractivity contribution < 1.29 is 32.2 Å². The number of halogens is 3. The van der Waals surface area contributed by atoms with Crippen molar-refractivity contribution in [2.45, 2.75) is 44.8 Å². The third-order valence-corrected chi connectivity index (χ3v) is 6.64. The second-order valence-corrected chi connectivity index (χ2v) is 9.17. The summed E-state index contributed by atoms with van der Waals surface area (Å²) in [6.07, 6.45) is -1.09. The first-order valence-electron chi connectivity index (χ1n) is 12.4. The Kier molecular flexibility index (Phi) is 8.15. The number of ether oxygens (including phenoxy) is 2. The number of hydrogen-bond donors (Lipinski definition) is 3. The lowest BCUT2D eigenvalue weighted by molar-refractivity contribution is -0.137. The second kappa shape index (κ2) is 11.3. The summed E-state index contributed by atoms with van der Waals surface area (Å²) in [7, 11) is 2.93. The molecule has 204 valence electrons. The molecule has 0 aliphatic carbocycles. The van der Waals surface area contributed by atoms with Gasteiger partial charge >= 0.3 is 6.18 Å². The average molecular weight is 533 g/mol. The molecule has 0 unspecified atom stereocenters. The fraction of sp³-hybridized carbons (Fsp3) is 0.407. The molecule has 0 saturated heterocycles. The van der Waals surface area contributed by atoms with Crippen molar-refractivity contribution in [3.05, 3.63) is 41.5 Å². The Hall–Kier alpha value is -3.73. The number of alkyl halides is 3. The summed E-state index contributed by atoms with van der Waals surface area (Å²) in [6, 6.07) is 6.65. The topological polar surface area (TPSA) is 108 Å². The van der Waals surface area contributed by atoms with Gasteiger partial charge in [0.15, 0.2) is 11.5 Å². The lowest BCUT2D eigenvalue weighted by Gasteiger charge is -2.17. The predicted molar refractivity (Wildman–Crippen MR) is 138 cm³/mol. The number of fused-ring (bicyclic) bond motifs is 5. The molecule has 3 aromatic rings. The Morgan fingerprint density at radius 3 is 2.47 bits per heavy atom. The van der Waals surface area contributed by atoms with Gasteiger partial charge in [-0.15, -0.1) is 0 Å². The van der Waals surface area contributed by atoms with Crippen LogP contribution >= 0.6 is 0 Å². The van der Waals surface area contributed by atoms with E-state index in [-0.39, 0.29) is 24.3 Å². The molecule has 0 saturated carbocycles. The summed E-state index contributed by atoms with van der Waals surface area (Å²) in [4.78, 5) is 25.8. The lowest BCUT2D eigenvalue weighted by Crippen LogP contribution is -2.28. The maximum atomic E-state index is 13.6. The van der Waals surface area contributed by atoms with Gasteiger partial charge in [-0.25, -0.2) is 0 Å². The molecule has 0 bridgehead atoms. The Morgan fingerprint density at radius 2 is 1.79 bits per heavy atom. The number of nitrogens with zero attached hydrogens (tertiary/aromatic N) is 1. The van der Waals surface area contributed by atoms with Gasteiger partial charge < -0.3 is 30.4 Å². The van der Waals surface area contributed by atoms with Crippen molar-refractivity contribution in [3.63, 3.8) is 0 Å². The van der Waals surface area contributed by atoms with Crippen LogP contribution < -0.4 is 25.8 Å². The molecule has 38 heavy (non-hydrogen) atoms. The summed E-state index contributed by atoms with van der Waals surface area (Å²) >= 11 is 0. The van der Waals surface area contributed by atoms with Crippen molar-refractivity contribution in [2.75, 3.05) is 32.6 Å². The maximum absolute atomic E-state index is 13.6. The standard InChI is InChI=1S/C27H31F3N4O4/c1-37-22-12-19-20(14-23(22)38-2)33-24(35)13-18-17-11-16(27(28,29)30)7-8-21(17)34(26(18)19)15-25(36)32-10-6-4-3-5-9-31/h7-8,11-12,14H,3-6,9-10,13,15,31H2,1-2H3,(H,32,36)(H,33,35). The Balaban J connectivity index is 1.83. The summed E-state index contributed by atoms with van der Waals surface area (Å²) in [5.41, 5.74) is 6.92. The van der Waals surface area contributed by atoms with E-state index in [4.69, 9.17) is 15.2 Å². The van der Waals surface area contributed by atoms with E-state index in [1.165, 1.54) is 20.3 Å². The number of hydrogen-bond acceptors (Lipinski definition) is 5. The number of aromatic nitrogens is 1. The molecule has 4 N–H and O–H groups in total. The van der Waals surface area contributed by atoms with Crippen LogP contribution in [0.5, 0.6) is 11.5 Å². The van der Waals surface area contributed by atoms with Crippen LogP contribution in [0.2, 0.25) is 0 Å². The number of carbonyl (C=O) groups is 2. The highest BCUT2D eigenvalue weighted by Gasteiger charge is 2.33. The van der Waals surface area contributed by atoms with Crippen LogP contribution in [0, 0.1) is 0 Å². The fourth-order valence-corrected chi connectivity index (χ4v) is 4.83. The van der Waals surface area contributed by atoms with E-state index in [1.807, 2.05) is 0 Å². The monoisotopic (exact) mass is 532 g/mol. The maximum Gasteiger partial charge on any atom is 0.416 e. The zero-order valence-electron chi connectivity index (χ0n) is 21.3. The molecule has 1 aromatic heterocycles. The highest BCUT2D eigenvalue weighted by atomic mass is 19.4. The van der Waals surface area contributed by atoms with E-state index in [1.54, 1.807) is 16.7 Å². The average Bonchev–Trinajstić information content (AvgIpc) is 3.08. The van der Waals surface area contributed by atoms with Crippen LogP contribution in [0.3, 0.4) is 0 Å². The number of rotatable bonds is 10. The molecule has 4 rings (SSSR count). The zero-order valence-corrected chi connectivity index (χ0v) is 21.3. The van der Waals surface area contributed by atoms with Gasteiger partial charge in [0.2, 0.25) is 11.8 Å². The van der Waals surface area contributed by atoms with Crippen molar-refractivity contribution in [1.82, 2.24) is 9.88 Å². The molecule has 1 aliphatic rings. The SMILES string of the molecule is COc1cc2c(cc1OC)-c1c(c3cc(C(F)(F)F)ccc3n1CC(=O)NCCCCCCN)CC(=O)N2. The van der Waals surface area contributed by atoms with Crippen LogP contribution in [0.1, 0.15) is 36.8 Å². The van der Waals surface area contributed by atoms with Gasteiger partial charge in [-0.3, -0.25) is 9.59 Å². The van der Waals surface area contributed by atoms with Gasteiger partial charge in [-0.1, -0.05) is 12.8 Å². The number of unbranched alkanes of at least 4 members (excludes halogenated alkanes) is 3. The van der Waals surface area contributed by atoms with Crippen molar-refractivity contribution >= 4 is 28.4 Å². The molecule has 1 aliphatic heterocycles. The van der Waals surface area contributed by atoms with Crippen LogP contribution in [0.4, 0.5) is 18.9 Å². The van der Waals surface area contributed by atoms with Gasteiger partial charge in [0.1, 0.15) is 6.54 Å². The van der Waals surface area contributed by atoms with E-state index in [2.05, 4.69) is 10.6 Å². The molecule has 2 heterocycles. The molecule has 8 nitrogen and oxygen atoms in total. The highest BCUT2D eigenvalue weighted by molar-refractivity contribution is 6.06. The number of nitrogens with one attached hydrogen (secondary N) is 2. The molecule has 2 amide bonds. The van der Waals surface area contributed by atoms with Crippen LogP contribution in [-0.4, -0.2) is 43.7 Å². The van der Waals surface area contributed by atoms with E-state index in [9.17, 15) is 22.8 Å². The first-order valence-corrected chi connectivity index (χ1v) is 12.4. The number of amides is 2. The van der Waals surface area contributed by atoms with Gasteiger partial charge in [-0.05, 0) is 49.2 Å². The number of carbonyl (C=O) groups excluding carboxylic acids is 2. The summed E-state index contributed by atoms with van der Waals surface area (Å²) < 4.78 is 53.3. The smallest absolute Gasteiger partial charge is 0.416 e. The van der Waals surface area contributed by atoms with Gasteiger partial charge in [0, 0.05) is 29.1 Å². The van der Waals surface area contributed by atoms with Gasteiger partial charge in [-0.2, -0.15) is 13.2 Å². The number of anilines is 1. The van der Waals surface area contributed by atoms with Gasteiger partial charge in [0.25, 0.3) is 0 Å². The minimum Gasteiger partial charge on any atom is -0.493 e. The van der Waals surface area contributed by atoms with Crippen molar-refractivity contribution in [1.29, 1.82) is 0 Å². The van der Waals surface area contributed by atoms with E-state index >= 15 is 0 Å². The normalized spacial score (nSPS) is 12.9. The Morgan fingerprint density at radius 1 is 1.08 bits per heavy atom. The summed E-state index contributed by atoms with van der Waals surface area (Å²) in [5, 5.41) is 5.97. The van der Waals surface area contributed by atoms with E-state index in [0.29, 0.717) is 52.6 Å². The minimum absolute atomic E-state index is 0.137. The van der Waals surface area contributed by atoms with Crippen molar-refractivity contribution in [2.24, 2.45) is 5.73 Å². The van der Waals surface area contributed by atoms with Crippen LogP contribution in [0.25, 0.3) is 22.2 Å². The third-order valence-electron chi connectivity index (χ3n) is 6.64. The van der Waals surface area contributed by atoms with Crippen LogP contribution in [0.15, 0.2) is 30.3 Å². The largest absolute Gasteiger partial charge is 0.493 e. The minimum atomic E-state index is -4.56. The molecular weight excluding hydrogens is 501 g/mol. The molecule has 0 spiro atoms. The Labute approximate surface area is 218 Å². The van der Waals surface area contributed by atoms with E-state index in [0.717, 1.165) is 37.8 Å². The van der Waals surface area contributed by atoms with Crippen molar-refractivity contribution in [3.8, 4) is 22.8 Å². The Bertz CT molecular complexity index is 1350. The molecule has 2 aromatic carbocycles. The second-order valence-electron chi connectivity index (χ2n) is 9.17. The predicted octanol–water partition coefficient (Wildman–Crippen LogP) is 4.47. The number of methoxy groups -OCH3 is 2. The molecular formula is C27H31F3N4O4. The summed E-state index contributed by atoms with van der Waals surface area (Å²) in [6.45, 7) is 0.969. The van der Waals surface area contributed by atoms with Crippen LogP contribution in [-0.2, 0) is 28.7 Å². The number of benzene rings is 2. The molecule has 0 fully saturated rings. The van der Waals surface area contributed by atoms with E-state index < -0.39 is 17.6 Å². The quantitative estimate of drug-likeness (QED) is 0.334. The zero-order chi connectivity index (χ0) is 27.4. The molecule has 0 atom stereocenters. The first-order chi connectivity index (χ1) is 18.2.